The minimum absolute atomic E-state index is 0.251. The number of aromatic nitrogens is 4. The first kappa shape index (κ1) is 18.8. The molecule has 152 valence electrons. The molecule has 0 fully saturated rings. The van der Waals surface area contributed by atoms with Crippen LogP contribution in [0.15, 0.2) is 36.7 Å². The second-order valence-corrected chi connectivity index (χ2v) is 7.71. The van der Waals surface area contributed by atoms with Crippen LogP contribution in [0.3, 0.4) is 0 Å². The van der Waals surface area contributed by atoms with Crippen LogP contribution in [0.4, 0.5) is 10.2 Å². The highest BCUT2D eigenvalue weighted by Gasteiger charge is 2.20. The number of nitrogens with one attached hydrogen (secondary N) is 1. The van der Waals surface area contributed by atoms with E-state index in [1.807, 2.05) is 30.8 Å². The van der Waals surface area contributed by atoms with Crippen molar-refractivity contribution in [3.8, 4) is 17.0 Å². The second kappa shape index (κ2) is 7.25. The second-order valence-electron chi connectivity index (χ2n) is 7.32. The molecule has 0 bridgehead atoms. The molecule has 1 aliphatic rings. The average molecular weight is 424 g/mol. The van der Waals surface area contributed by atoms with E-state index in [0.29, 0.717) is 36.1 Å². The van der Waals surface area contributed by atoms with Crippen LogP contribution in [0, 0.1) is 12.7 Å². The lowest BCUT2D eigenvalue weighted by molar-refractivity contribution is 0.356. The van der Waals surface area contributed by atoms with Crippen molar-refractivity contribution < 1.29 is 9.13 Å². The number of fused-ring (bicyclic) bond motifs is 2. The fourth-order valence-corrected chi connectivity index (χ4v) is 4.15. The minimum Gasteiger partial charge on any atom is -0.493 e. The number of benzene rings is 1. The topological polar surface area (TPSA) is 64.9 Å². The van der Waals surface area contributed by atoms with E-state index in [1.165, 1.54) is 6.07 Å². The third-order valence-electron chi connectivity index (χ3n) is 5.39. The standard InChI is InChI=1S/C22H19ClFN5O/c1-12-7-19(29(2)28-12)16-10-27-22(17-11-25-21(23)8-14(16)17)26-9-15-13-5-6-30-20(13)4-3-18(15)24/h3-4,7-8,10-11H,5-6,9H2,1-2H3,(H,26,27). The summed E-state index contributed by atoms with van der Waals surface area (Å²) in [6.45, 7) is 2.82. The maximum absolute atomic E-state index is 14.5. The predicted molar refractivity (Wildman–Crippen MR) is 114 cm³/mol. The highest BCUT2D eigenvalue weighted by atomic mass is 35.5. The van der Waals surface area contributed by atoms with E-state index in [1.54, 1.807) is 18.5 Å². The van der Waals surface area contributed by atoms with Gasteiger partial charge in [-0.15, -0.1) is 0 Å². The summed E-state index contributed by atoms with van der Waals surface area (Å²) in [5, 5.41) is 9.81. The molecular weight excluding hydrogens is 405 g/mol. The third kappa shape index (κ3) is 3.15. The maximum Gasteiger partial charge on any atom is 0.135 e. The first-order valence-electron chi connectivity index (χ1n) is 9.63. The Bertz CT molecular complexity index is 1290. The summed E-state index contributed by atoms with van der Waals surface area (Å²) >= 11 is 6.20. The number of hydrogen-bond acceptors (Lipinski definition) is 5. The van der Waals surface area contributed by atoms with Crippen LogP contribution in [0.2, 0.25) is 5.15 Å². The Kier molecular flexibility index (Phi) is 4.55. The van der Waals surface area contributed by atoms with Crippen LogP contribution in [-0.2, 0) is 20.0 Å². The van der Waals surface area contributed by atoms with Gasteiger partial charge in [0.1, 0.15) is 22.5 Å². The van der Waals surface area contributed by atoms with Crippen molar-refractivity contribution in [2.45, 2.75) is 19.9 Å². The Labute approximate surface area is 177 Å². The van der Waals surface area contributed by atoms with Crippen LogP contribution >= 0.6 is 11.6 Å². The molecule has 0 amide bonds. The van der Waals surface area contributed by atoms with Gasteiger partial charge in [0.25, 0.3) is 0 Å². The molecule has 30 heavy (non-hydrogen) atoms. The Hall–Kier alpha value is -3.19. The van der Waals surface area contributed by atoms with Crippen LogP contribution in [0.25, 0.3) is 22.0 Å². The Morgan fingerprint density at radius 2 is 2.07 bits per heavy atom. The van der Waals surface area contributed by atoms with Crippen LogP contribution in [-0.4, -0.2) is 26.4 Å². The average Bonchev–Trinajstić information content (AvgIpc) is 3.32. The number of aryl methyl sites for hydroxylation is 2. The molecule has 0 aliphatic carbocycles. The number of nitrogens with zero attached hydrogens (tertiary/aromatic N) is 4. The van der Waals surface area contributed by atoms with Gasteiger partial charge in [0.2, 0.25) is 0 Å². The lowest BCUT2D eigenvalue weighted by atomic mass is 10.0. The maximum atomic E-state index is 14.5. The molecule has 0 saturated heterocycles. The molecule has 1 aliphatic heterocycles. The largest absolute Gasteiger partial charge is 0.493 e. The van der Waals surface area contributed by atoms with Gasteiger partial charge in [-0.3, -0.25) is 4.68 Å². The van der Waals surface area contributed by atoms with Gasteiger partial charge in [-0.1, -0.05) is 11.6 Å². The van der Waals surface area contributed by atoms with Gasteiger partial charge in [0.15, 0.2) is 0 Å². The lowest BCUT2D eigenvalue weighted by Crippen LogP contribution is -2.07. The van der Waals surface area contributed by atoms with Gasteiger partial charge < -0.3 is 10.1 Å². The van der Waals surface area contributed by atoms with Crippen LogP contribution < -0.4 is 10.1 Å². The zero-order valence-electron chi connectivity index (χ0n) is 16.5. The van der Waals surface area contributed by atoms with E-state index < -0.39 is 0 Å². The molecule has 3 aromatic heterocycles. The van der Waals surface area contributed by atoms with Crippen molar-refractivity contribution in [1.82, 2.24) is 19.7 Å². The monoisotopic (exact) mass is 423 g/mol. The third-order valence-corrected chi connectivity index (χ3v) is 5.60. The molecule has 4 aromatic rings. The molecule has 5 rings (SSSR count). The van der Waals surface area contributed by atoms with Crippen molar-refractivity contribution in [3.63, 3.8) is 0 Å². The number of anilines is 1. The highest BCUT2D eigenvalue weighted by molar-refractivity contribution is 6.30. The van der Waals surface area contributed by atoms with E-state index in [9.17, 15) is 4.39 Å². The van der Waals surface area contributed by atoms with Crippen molar-refractivity contribution in [2.75, 3.05) is 11.9 Å². The van der Waals surface area contributed by atoms with Gasteiger partial charge in [-0.25, -0.2) is 14.4 Å². The Balaban J connectivity index is 1.56. The number of ether oxygens (including phenoxy) is 1. The van der Waals surface area contributed by atoms with E-state index >= 15 is 0 Å². The summed E-state index contributed by atoms with van der Waals surface area (Å²) in [6.07, 6.45) is 4.18. The van der Waals surface area contributed by atoms with Crippen molar-refractivity contribution in [2.24, 2.45) is 7.05 Å². The molecule has 0 spiro atoms. The molecular formula is C22H19ClFN5O. The summed E-state index contributed by atoms with van der Waals surface area (Å²) in [5.41, 5.74) is 4.27. The van der Waals surface area contributed by atoms with Gasteiger partial charge in [-0.05, 0) is 31.2 Å². The summed E-state index contributed by atoms with van der Waals surface area (Å²) in [7, 11) is 1.89. The molecule has 1 N–H and O–H groups in total. The van der Waals surface area contributed by atoms with Crippen molar-refractivity contribution in [3.05, 3.63) is 64.5 Å². The molecule has 0 unspecified atom stereocenters. The SMILES string of the molecule is Cc1cc(-c2cnc(NCc3c(F)ccc4c3CCO4)c3cnc(Cl)cc23)n(C)n1. The molecule has 0 saturated carbocycles. The Morgan fingerprint density at radius 3 is 2.87 bits per heavy atom. The molecule has 0 radical (unpaired) electrons. The van der Waals surface area contributed by atoms with Gasteiger partial charge >= 0.3 is 0 Å². The smallest absolute Gasteiger partial charge is 0.135 e. The number of pyridine rings is 2. The molecule has 1 aromatic carbocycles. The van der Waals surface area contributed by atoms with Crippen molar-refractivity contribution in [1.29, 1.82) is 0 Å². The quantitative estimate of drug-likeness (QED) is 0.483. The van der Waals surface area contributed by atoms with Gasteiger partial charge in [-0.2, -0.15) is 5.10 Å². The summed E-state index contributed by atoms with van der Waals surface area (Å²) in [4.78, 5) is 8.84. The molecule has 6 nitrogen and oxygen atoms in total. The predicted octanol–water partition coefficient (Wildman–Crippen LogP) is 4.68. The normalized spacial score (nSPS) is 12.8. The number of rotatable bonds is 4. The minimum atomic E-state index is -0.251. The Morgan fingerprint density at radius 1 is 1.20 bits per heavy atom. The zero-order chi connectivity index (χ0) is 20.8. The fraction of sp³-hybridized carbons (Fsp3) is 0.227. The van der Waals surface area contributed by atoms with Gasteiger partial charge in [0, 0.05) is 59.9 Å². The molecule has 8 heteroatoms. The highest BCUT2D eigenvalue weighted by Crippen LogP contribution is 2.34. The summed E-state index contributed by atoms with van der Waals surface area (Å²) in [5.74, 6) is 1.12. The molecule has 0 atom stereocenters. The number of halogens is 2. The van der Waals surface area contributed by atoms with Gasteiger partial charge in [0.05, 0.1) is 18.0 Å². The zero-order valence-corrected chi connectivity index (χ0v) is 17.3. The summed E-state index contributed by atoms with van der Waals surface area (Å²) in [6, 6.07) is 6.95. The van der Waals surface area contributed by atoms with Crippen LogP contribution in [0.1, 0.15) is 16.8 Å². The molecule has 4 heterocycles. The first-order valence-corrected chi connectivity index (χ1v) is 10.0. The van der Waals surface area contributed by atoms with Crippen LogP contribution in [0.5, 0.6) is 5.75 Å². The first-order chi connectivity index (χ1) is 14.5. The lowest BCUT2D eigenvalue weighted by Gasteiger charge is -2.14. The van der Waals surface area contributed by atoms with E-state index in [0.717, 1.165) is 39.0 Å². The number of hydrogen-bond donors (Lipinski definition) is 1. The summed E-state index contributed by atoms with van der Waals surface area (Å²) < 4.78 is 21.9. The van der Waals surface area contributed by atoms with E-state index in [-0.39, 0.29) is 5.82 Å². The fourth-order valence-electron chi connectivity index (χ4n) is 4.00. The van der Waals surface area contributed by atoms with Crippen molar-refractivity contribution >= 4 is 28.2 Å². The van der Waals surface area contributed by atoms with E-state index in [2.05, 4.69) is 20.4 Å². The van der Waals surface area contributed by atoms with E-state index in [4.69, 9.17) is 16.3 Å².